The van der Waals surface area contributed by atoms with Crippen molar-refractivity contribution in [2.75, 3.05) is 7.11 Å². The quantitative estimate of drug-likeness (QED) is 0.624. The maximum absolute atomic E-state index is 11.5. The second-order valence-corrected chi connectivity index (χ2v) is 4.64. The predicted octanol–water partition coefficient (Wildman–Crippen LogP) is 0.743. The summed E-state index contributed by atoms with van der Waals surface area (Å²) in [5.41, 5.74) is 0.139. The molecule has 0 heterocycles. The summed E-state index contributed by atoms with van der Waals surface area (Å²) in [7, 11) is -2.72. The van der Waals surface area contributed by atoms with Crippen molar-refractivity contribution in [3.8, 4) is 0 Å². The van der Waals surface area contributed by atoms with Crippen LogP contribution in [0.5, 0.6) is 0 Å². The van der Waals surface area contributed by atoms with E-state index in [9.17, 15) is 18.5 Å². The molecule has 0 atom stereocenters. The van der Waals surface area contributed by atoms with Crippen LogP contribution < -0.4 is 4.89 Å². The van der Waals surface area contributed by atoms with Crippen molar-refractivity contribution < 1.29 is 18.2 Å². The minimum atomic E-state index is -3.86. The van der Waals surface area contributed by atoms with Crippen molar-refractivity contribution in [3.63, 3.8) is 0 Å². The number of hydrogen-bond donors (Lipinski definition) is 1. The maximum atomic E-state index is 11.5. The van der Waals surface area contributed by atoms with Crippen LogP contribution in [0.4, 0.5) is 5.69 Å². The smallest absolute Gasteiger partial charge is 0.273 e. The predicted molar refractivity (Wildman–Crippen MR) is 55.2 cm³/mol. The molecule has 8 heteroatoms. The SMILES string of the molecule is CONS(=O)(=O)c1ccc(C)c([N+](=O)[O-])c1. The molecule has 0 aliphatic carbocycles. The number of nitrogens with zero attached hydrogens (tertiary/aromatic N) is 1. The first kappa shape index (κ1) is 12.6. The van der Waals surface area contributed by atoms with E-state index in [0.29, 0.717) is 5.56 Å². The second-order valence-electron chi connectivity index (χ2n) is 3.00. The van der Waals surface area contributed by atoms with Crippen LogP contribution in [0.25, 0.3) is 0 Å². The zero-order chi connectivity index (χ0) is 12.3. The lowest BCUT2D eigenvalue weighted by molar-refractivity contribution is -0.385. The second kappa shape index (κ2) is 4.56. The van der Waals surface area contributed by atoms with Gasteiger partial charge < -0.3 is 0 Å². The Hall–Kier alpha value is -1.51. The number of sulfonamides is 1. The zero-order valence-corrected chi connectivity index (χ0v) is 9.45. The number of nitro benzene ring substituents is 1. The Labute approximate surface area is 92.2 Å². The van der Waals surface area contributed by atoms with Gasteiger partial charge in [-0.05, 0) is 13.0 Å². The number of aryl methyl sites for hydroxylation is 1. The molecule has 0 aliphatic rings. The summed E-state index contributed by atoms with van der Waals surface area (Å²) in [5.74, 6) is 0. The van der Waals surface area contributed by atoms with Crippen LogP contribution in [0.15, 0.2) is 23.1 Å². The standard InChI is InChI=1S/C8H10N2O5S/c1-6-3-4-7(5-8(6)10(11)12)16(13,14)9-15-2/h3-5,9H,1-2H3. The van der Waals surface area contributed by atoms with Gasteiger partial charge in [-0.3, -0.25) is 15.0 Å². The van der Waals surface area contributed by atoms with E-state index in [-0.39, 0.29) is 10.6 Å². The average Bonchev–Trinajstić information content (AvgIpc) is 2.17. The van der Waals surface area contributed by atoms with Crippen molar-refractivity contribution >= 4 is 15.7 Å². The van der Waals surface area contributed by atoms with E-state index in [1.165, 1.54) is 19.1 Å². The Kier molecular flexibility index (Phi) is 3.58. The van der Waals surface area contributed by atoms with Crippen molar-refractivity contribution in [2.45, 2.75) is 11.8 Å². The summed E-state index contributed by atoms with van der Waals surface area (Å²) >= 11 is 0. The third-order valence-corrected chi connectivity index (χ3v) is 3.14. The number of hydrogen-bond acceptors (Lipinski definition) is 5. The highest BCUT2D eigenvalue weighted by atomic mass is 32.2. The van der Waals surface area contributed by atoms with Crippen LogP contribution in [0.1, 0.15) is 5.56 Å². The lowest BCUT2D eigenvalue weighted by atomic mass is 10.2. The van der Waals surface area contributed by atoms with Crippen molar-refractivity contribution in [3.05, 3.63) is 33.9 Å². The molecule has 1 N–H and O–H groups in total. The van der Waals surface area contributed by atoms with Crippen molar-refractivity contribution in [1.82, 2.24) is 4.89 Å². The van der Waals surface area contributed by atoms with Gasteiger partial charge in [0.15, 0.2) is 0 Å². The Morgan fingerprint density at radius 2 is 2.06 bits per heavy atom. The maximum Gasteiger partial charge on any atom is 0.273 e. The largest absolute Gasteiger partial charge is 0.290 e. The highest BCUT2D eigenvalue weighted by molar-refractivity contribution is 7.89. The number of benzene rings is 1. The van der Waals surface area contributed by atoms with E-state index in [1.807, 2.05) is 0 Å². The lowest BCUT2D eigenvalue weighted by Gasteiger charge is -2.04. The first-order valence-electron chi connectivity index (χ1n) is 4.18. The molecule has 0 amide bonds. The molecule has 0 fully saturated rings. The molecule has 0 saturated heterocycles. The average molecular weight is 246 g/mol. The van der Waals surface area contributed by atoms with Crippen LogP contribution in [-0.4, -0.2) is 20.5 Å². The summed E-state index contributed by atoms with van der Waals surface area (Å²) < 4.78 is 22.9. The zero-order valence-electron chi connectivity index (χ0n) is 8.63. The molecular weight excluding hydrogens is 236 g/mol. The van der Waals surface area contributed by atoms with Gasteiger partial charge in [-0.15, -0.1) is 0 Å². The Morgan fingerprint density at radius 3 is 2.56 bits per heavy atom. The Bertz CT molecular complexity index is 511. The first-order chi connectivity index (χ1) is 7.38. The van der Waals surface area contributed by atoms with E-state index < -0.39 is 14.9 Å². The van der Waals surface area contributed by atoms with Crippen LogP contribution in [-0.2, 0) is 14.9 Å². The fourth-order valence-electron chi connectivity index (χ4n) is 1.11. The molecule has 0 aromatic heterocycles. The van der Waals surface area contributed by atoms with Crippen molar-refractivity contribution in [2.24, 2.45) is 0 Å². The summed E-state index contributed by atoms with van der Waals surface area (Å²) in [5, 5.41) is 10.6. The molecule has 1 aromatic rings. The van der Waals surface area contributed by atoms with Crippen molar-refractivity contribution in [1.29, 1.82) is 0 Å². The number of nitrogens with one attached hydrogen (secondary N) is 1. The lowest BCUT2D eigenvalue weighted by Crippen LogP contribution is -2.22. The molecule has 16 heavy (non-hydrogen) atoms. The number of nitro groups is 1. The highest BCUT2D eigenvalue weighted by Gasteiger charge is 2.19. The first-order valence-corrected chi connectivity index (χ1v) is 5.66. The monoisotopic (exact) mass is 246 g/mol. The molecule has 0 saturated carbocycles. The van der Waals surface area contributed by atoms with E-state index in [1.54, 1.807) is 4.89 Å². The van der Waals surface area contributed by atoms with Gasteiger partial charge in [0.05, 0.1) is 16.9 Å². The fraction of sp³-hybridized carbons (Fsp3) is 0.250. The Morgan fingerprint density at radius 1 is 1.44 bits per heavy atom. The van der Waals surface area contributed by atoms with Gasteiger partial charge in [-0.25, -0.2) is 8.42 Å². The van der Waals surface area contributed by atoms with Gasteiger partial charge in [0.25, 0.3) is 15.7 Å². The summed E-state index contributed by atoms with van der Waals surface area (Å²) in [4.78, 5) is 15.8. The van der Waals surface area contributed by atoms with E-state index in [0.717, 1.165) is 13.2 Å². The fourth-order valence-corrected chi connectivity index (χ4v) is 1.94. The van der Waals surface area contributed by atoms with Crippen LogP contribution in [0.2, 0.25) is 0 Å². The minimum absolute atomic E-state index is 0.216. The van der Waals surface area contributed by atoms with E-state index >= 15 is 0 Å². The van der Waals surface area contributed by atoms with Crippen LogP contribution in [0, 0.1) is 17.0 Å². The van der Waals surface area contributed by atoms with E-state index in [4.69, 9.17) is 0 Å². The molecule has 1 aromatic carbocycles. The molecule has 0 radical (unpaired) electrons. The molecule has 0 spiro atoms. The topological polar surface area (TPSA) is 98.5 Å². The Balaban J connectivity index is 3.28. The van der Waals surface area contributed by atoms with Gasteiger partial charge in [0, 0.05) is 11.6 Å². The molecule has 88 valence electrons. The van der Waals surface area contributed by atoms with Gasteiger partial charge in [0.2, 0.25) is 0 Å². The summed E-state index contributed by atoms with van der Waals surface area (Å²) in [6, 6.07) is 3.61. The molecule has 0 aliphatic heterocycles. The van der Waals surface area contributed by atoms with Gasteiger partial charge in [0.1, 0.15) is 0 Å². The number of rotatable bonds is 4. The highest BCUT2D eigenvalue weighted by Crippen LogP contribution is 2.21. The molecule has 0 unspecified atom stereocenters. The summed E-state index contributed by atoms with van der Waals surface area (Å²) in [6.45, 7) is 1.53. The molecule has 7 nitrogen and oxygen atoms in total. The summed E-state index contributed by atoms with van der Waals surface area (Å²) in [6.07, 6.45) is 0. The minimum Gasteiger partial charge on any atom is -0.290 e. The van der Waals surface area contributed by atoms with Crippen LogP contribution >= 0.6 is 0 Å². The van der Waals surface area contributed by atoms with Gasteiger partial charge in [-0.2, -0.15) is 0 Å². The van der Waals surface area contributed by atoms with Gasteiger partial charge in [-0.1, -0.05) is 11.0 Å². The van der Waals surface area contributed by atoms with E-state index in [2.05, 4.69) is 4.84 Å². The molecule has 0 bridgehead atoms. The van der Waals surface area contributed by atoms with Crippen LogP contribution in [0.3, 0.4) is 0 Å². The third kappa shape index (κ3) is 2.54. The molecular formula is C8H10N2O5S. The third-order valence-electron chi connectivity index (χ3n) is 1.88. The molecule has 1 rings (SSSR count). The normalized spacial score (nSPS) is 11.4. The van der Waals surface area contributed by atoms with Gasteiger partial charge >= 0.3 is 0 Å².